The predicted octanol–water partition coefficient (Wildman–Crippen LogP) is 3.39. The van der Waals surface area contributed by atoms with Crippen LogP contribution >= 0.6 is 24.0 Å². The van der Waals surface area contributed by atoms with Crippen LogP contribution in [0.4, 0.5) is 0 Å². The fourth-order valence-corrected chi connectivity index (χ4v) is 2.31. The quantitative estimate of drug-likeness (QED) is 0.446. The summed E-state index contributed by atoms with van der Waals surface area (Å²) in [7, 11) is 1.84. The number of aliphatic imine (C=N–C) groups is 1. The van der Waals surface area contributed by atoms with Gasteiger partial charge in [-0.15, -0.1) is 24.0 Å². The van der Waals surface area contributed by atoms with E-state index in [0.29, 0.717) is 0 Å². The number of rotatable bonds is 2. The summed E-state index contributed by atoms with van der Waals surface area (Å²) in [4.78, 5) is 4.27. The van der Waals surface area contributed by atoms with Crippen LogP contribution < -0.4 is 10.6 Å². The molecule has 0 radical (unpaired) electrons. The molecule has 0 spiro atoms. The van der Waals surface area contributed by atoms with Crippen LogP contribution in [0.25, 0.3) is 0 Å². The maximum Gasteiger partial charge on any atom is 0.191 e. The number of guanidine groups is 1. The van der Waals surface area contributed by atoms with Crippen LogP contribution in [0.5, 0.6) is 0 Å². The van der Waals surface area contributed by atoms with Crippen molar-refractivity contribution in [2.75, 3.05) is 13.6 Å². The van der Waals surface area contributed by atoms with Crippen LogP contribution in [0.3, 0.4) is 0 Å². The molecule has 0 unspecified atom stereocenters. The van der Waals surface area contributed by atoms with Crippen LogP contribution in [0.15, 0.2) is 4.99 Å². The van der Waals surface area contributed by atoms with Crippen LogP contribution in [0.2, 0.25) is 0 Å². The lowest BCUT2D eigenvalue weighted by Gasteiger charge is -2.28. The summed E-state index contributed by atoms with van der Waals surface area (Å²) in [6.07, 6.45) is 5.50. The minimum absolute atomic E-state index is 0. The van der Waals surface area contributed by atoms with Crippen molar-refractivity contribution in [1.82, 2.24) is 10.6 Å². The van der Waals surface area contributed by atoms with Gasteiger partial charge in [0.25, 0.3) is 0 Å². The van der Waals surface area contributed by atoms with Crippen LogP contribution in [0.1, 0.15) is 53.4 Å². The van der Waals surface area contributed by atoms with E-state index in [1.54, 1.807) is 0 Å². The van der Waals surface area contributed by atoms with Gasteiger partial charge in [0.1, 0.15) is 0 Å². The molecule has 0 aliphatic heterocycles. The summed E-state index contributed by atoms with van der Waals surface area (Å²) >= 11 is 0. The van der Waals surface area contributed by atoms with Gasteiger partial charge in [-0.2, -0.15) is 0 Å². The van der Waals surface area contributed by atoms with E-state index in [4.69, 9.17) is 0 Å². The van der Waals surface area contributed by atoms with Crippen molar-refractivity contribution in [2.45, 2.75) is 58.9 Å². The third-order valence-electron chi connectivity index (χ3n) is 3.41. The fraction of sp³-hybridized carbons (Fsp3) is 0.929. The smallest absolute Gasteiger partial charge is 0.191 e. The molecule has 0 bridgehead atoms. The Kier molecular flexibility index (Phi) is 8.23. The minimum atomic E-state index is 0. The first-order valence-corrected chi connectivity index (χ1v) is 6.89. The van der Waals surface area contributed by atoms with E-state index in [1.807, 2.05) is 7.05 Å². The van der Waals surface area contributed by atoms with Crippen molar-refractivity contribution < 1.29 is 0 Å². The molecule has 1 rings (SSSR count). The predicted molar refractivity (Wildman–Crippen MR) is 90.8 cm³/mol. The molecule has 4 heteroatoms. The van der Waals surface area contributed by atoms with Gasteiger partial charge in [-0.25, -0.2) is 0 Å². The molecule has 1 fully saturated rings. The van der Waals surface area contributed by atoms with Gasteiger partial charge in [0.05, 0.1) is 0 Å². The summed E-state index contributed by atoms with van der Waals surface area (Å²) in [5, 5.41) is 6.84. The molecule has 3 nitrogen and oxygen atoms in total. The first-order valence-electron chi connectivity index (χ1n) is 6.89. The van der Waals surface area contributed by atoms with Gasteiger partial charge < -0.3 is 10.6 Å². The molecule has 108 valence electrons. The number of hydrogen-bond donors (Lipinski definition) is 2. The molecule has 0 aromatic carbocycles. The van der Waals surface area contributed by atoms with Crippen LogP contribution in [-0.2, 0) is 0 Å². The molecule has 0 aromatic rings. The van der Waals surface area contributed by atoms with E-state index < -0.39 is 0 Å². The van der Waals surface area contributed by atoms with Crippen molar-refractivity contribution in [1.29, 1.82) is 0 Å². The highest BCUT2D eigenvalue weighted by Crippen LogP contribution is 2.27. The molecule has 0 saturated heterocycles. The summed E-state index contributed by atoms with van der Waals surface area (Å²) in [6, 6.07) is 0. The van der Waals surface area contributed by atoms with E-state index in [2.05, 4.69) is 43.3 Å². The van der Waals surface area contributed by atoms with E-state index in [-0.39, 0.29) is 29.5 Å². The van der Waals surface area contributed by atoms with Gasteiger partial charge in [0, 0.05) is 19.1 Å². The van der Waals surface area contributed by atoms with E-state index >= 15 is 0 Å². The van der Waals surface area contributed by atoms with Gasteiger partial charge in [0.2, 0.25) is 0 Å². The van der Waals surface area contributed by atoms with Crippen molar-refractivity contribution >= 4 is 29.9 Å². The number of nitrogens with zero attached hydrogens (tertiary/aromatic N) is 1. The molecule has 0 amide bonds. The molecular weight excluding hydrogens is 337 g/mol. The molecule has 0 aromatic heterocycles. The fourth-order valence-electron chi connectivity index (χ4n) is 2.31. The number of halogens is 1. The SMILES string of the molecule is CN=C(NCC1CCC(C)CC1)NC(C)(C)C.I. The van der Waals surface area contributed by atoms with Gasteiger partial charge in [0.15, 0.2) is 5.96 Å². The van der Waals surface area contributed by atoms with Gasteiger partial charge >= 0.3 is 0 Å². The molecule has 1 saturated carbocycles. The van der Waals surface area contributed by atoms with Gasteiger partial charge in [-0.3, -0.25) is 4.99 Å². The molecule has 18 heavy (non-hydrogen) atoms. The Balaban J connectivity index is 0.00000289. The second kappa shape index (κ2) is 8.23. The zero-order valence-electron chi connectivity index (χ0n) is 12.5. The highest BCUT2D eigenvalue weighted by Gasteiger charge is 2.19. The molecular formula is C14H30IN3. The minimum Gasteiger partial charge on any atom is -0.356 e. The normalized spacial score (nSPS) is 25.3. The Bertz CT molecular complexity index is 250. The third-order valence-corrected chi connectivity index (χ3v) is 3.41. The Labute approximate surface area is 130 Å². The summed E-state index contributed by atoms with van der Waals surface area (Å²) in [6.45, 7) is 9.89. The van der Waals surface area contributed by atoms with Crippen molar-refractivity contribution in [2.24, 2.45) is 16.8 Å². The van der Waals surface area contributed by atoms with Crippen LogP contribution in [-0.4, -0.2) is 25.1 Å². The average Bonchev–Trinajstić information content (AvgIpc) is 2.25. The number of nitrogens with one attached hydrogen (secondary N) is 2. The monoisotopic (exact) mass is 367 g/mol. The van der Waals surface area contributed by atoms with E-state index in [9.17, 15) is 0 Å². The Morgan fingerprint density at radius 1 is 1.17 bits per heavy atom. The summed E-state index contributed by atoms with van der Waals surface area (Å²) in [5.74, 6) is 2.68. The van der Waals surface area contributed by atoms with Gasteiger partial charge in [-0.1, -0.05) is 19.8 Å². The highest BCUT2D eigenvalue weighted by atomic mass is 127. The lowest BCUT2D eigenvalue weighted by Crippen LogP contribution is -2.48. The molecule has 0 atom stereocenters. The molecule has 0 heterocycles. The second-order valence-electron chi connectivity index (χ2n) is 6.45. The highest BCUT2D eigenvalue weighted by molar-refractivity contribution is 14.0. The van der Waals surface area contributed by atoms with Gasteiger partial charge in [-0.05, 0) is 45.4 Å². The second-order valence-corrected chi connectivity index (χ2v) is 6.45. The molecule has 1 aliphatic carbocycles. The third kappa shape index (κ3) is 7.44. The topological polar surface area (TPSA) is 36.4 Å². The zero-order valence-corrected chi connectivity index (χ0v) is 14.9. The zero-order chi connectivity index (χ0) is 12.9. The first-order chi connectivity index (χ1) is 7.90. The lowest BCUT2D eigenvalue weighted by molar-refractivity contribution is 0.289. The molecule has 1 aliphatic rings. The largest absolute Gasteiger partial charge is 0.356 e. The van der Waals surface area contributed by atoms with E-state index in [1.165, 1.54) is 25.7 Å². The maximum atomic E-state index is 4.27. The average molecular weight is 367 g/mol. The maximum absolute atomic E-state index is 4.27. The Hall–Kier alpha value is 0. The Morgan fingerprint density at radius 2 is 1.72 bits per heavy atom. The van der Waals surface area contributed by atoms with Crippen molar-refractivity contribution in [3.63, 3.8) is 0 Å². The van der Waals surface area contributed by atoms with Crippen molar-refractivity contribution in [3.8, 4) is 0 Å². The summed E-state index contributed by atoms with van der Waals surface area (Å²) < 4.78 is 0. The lowest BCUT2D eigenvalue weighted by atomic mass is 9.83. The van der Waals surface area contributed by atoms with Crippen molar-refractivity contribution in [3.05, 3.63) is 0 Å². The number of hydrogen-bond acceptors (Lipinski definition) is 1. The summed E-state index contributed by atoms with van der Waals surface area (Å²) in [5.41, 5.74) is 0.0723. The van der Waals surface area contributed by atoms with E-state index in [0.717, 1.165) is 24.3 Å². The van der Waals surface area contributed by atoms with Crippen LogP contribution in [0, 0.1) is 11.8 Å². The molecule has 2 N–H and O–H groups in total. The first kappa shape index (κ1) is 18.0. The standard InChI is InChI=1S/C14H29N3.HI/c1-11-6-8-12(9-7-11)10-16-13(15-5)17-14(2,3)4;/h11-12H,6-10H2,1-5H3,(H2,15,16,17);1H. The Morgan fingerprint density at radius 3 is 2.17 bits per heavy atom.